The smallest absolute Gasteiger partial charge is 0.320 e. The van der Waals surface area contributed by atoms with Gasteiger partial charge in [-0.1, -0.05) is 29.8 Å². The van der Waals surface area contributed by atoms with Crippen molar-refractivity contribution in [2.24, 2.45) is 5.92 Å². The van der Waals surface area contributed by atoms with Crippen molar-refractivity contribution in [3.63, 3.8) is 0 Å². The summed E-state index contributed by atoms with van der Waals surface area (Å²) in [6, 6.07) is 7.72. The van der Waals surface area contributed by atoms with Crippen molar-refractivity contribution in [2.75, 3.05) is 32.7 Å². The van der Waals surface area contributed by atoms with Crippen LogP contribution in [0.4, 0.5) is 4.79 Å². The van der Waals surface area contributed by atoms with Gasteiger partial charge in [0.2, 0.25) is 5.91 Å². The van der Waals surface area contributed by atoms with Crippen LogP contribution < -0.4 is 5.32 Å². The van der Waals surface area contributed by atoms with Gasteiger partial charge in [0.25, 0.3) is 0 Å². The highest BCUT2D eigenvalue weighted by Crippen LogP contribution is 2.20. The second kappa shape index (κ2) is 8.54. The van der Waals surface area contributed by atoms with Gasteiger partial charge < -0.3 is 20.2 Å². The summed E-state index contributed by atoms with van der Waals surface area (Å²) in [5.41, 5.74) is 1.93. The van der Waals surface area contributed by atoms with Crippen molar-refractivity contribution in [1.82, 2.24) is 15.1 Å². The summed E-state index contributed by atoms with van der Waals surface area (Å²) in [6.45, 7) is 5.05. The van der Waals surface area contributed by atoms with Crippen molar-refractivity contribution in [3.8, 4) is 0 Å². The quantitative estimate of drug-likeness (QED) is 0.864. The minimum Gasteiger partial charge on any atom is -0.387 e. The number of carbonyl (C=O) groups is 2. The van der Waals surface area contributed by atoms with Gasteiger partial charge in [-0.05, 0) is 38.2 Å². The number of nitrogens with zero attached hydrogens (tertiary/aromatic N) is 2. The van der Waals surface area contributed by atoms with Crippen LogP contribution in [0, 0.1) is 12.8 Å². The molecule has 0 bridgehead atoms. The molecule has 0 aliphatic carbocycles. The minimum absolute atomic E-state index is 0.0692. The molecule has 0 saturated carbocycles. The molecule has 0 aromatic heterocycles. The lowest BCUT2D eigenvalue weighted by molar-refractivity contribution is -0.126. The molecule has 0 radical (unpaired) electrons. The molecular weight excluding hydrogens is 330 g/mol. The first kappa shape index (κ1) is 18.7. The Bertz CT molecular complexity index is 626. The molecule has 3 amide bonds. The standard InChI is InChI=1S/C20H29N3O3/c1-15-6-8-16(9-7-15)18(24)13-21-19(25)17-5-4-12-23(14-17)20(26)22-10-2-3-11-22/h6-9,17-18,24H,2-5,10-14H2,1H3,(H,21,25)/t17-,18+/m0/s1. The van der Waals surface area contributed by atoms with Crippen LogP contribution in [0.15, 0.2) is 24.3 Å². The highest BCUT2D eigenvalue weighted by atomic mass is 16.3. The Kier molecular flexibility index (Phi) is 6.14. The van der Waals surface area contributed by atoms with Gasteiger partial charge in [-0.25, -0.2) is 4.79 Å². The number of rotatable bonds is 4. The molecular formula is C20H29N3O3. The molecule has 2 fully saturated rings. The predicted molar refractivity (Wildman–Crippen MR) is 99.6 cm³/mol. The molecule has 2 aliphatic heterocycles. The lowest BCUT2D eigenvalue weighted by atomic mass is 9.97. The van der Waals surface area contributed by atoms with E-state index in [0.717, 1.165) is 56.4 Å². The summed E-state index contributed by atoms with van der Waals surface area (Å²) in [7, 11) is 0. The van der Waals surface area contributed by atoms with E-state index in [9.17, 15) is 14.7 Å². The van der Waals surface area contributed by atoms with Crippen LogP contribution in [0.1, 0.15) is 42.9 Å². The minimum atomic E-state index is -0.717. The maximum atomic E-state index is 12.5. The number of aryl methyl sites for hydroxylation is 1. The summed E-state index contributed by atoms with van der Waals surface area (Å²) in [4.78, 5) is 28.7. The molecule has 6 heteroatoms. The maximum Gasteiger partial charge on any atom is 0.320 e. The van der Waals surface area contributed by atoms with Crippen LogP contribution in [0.25, 0.3) is 0 Å². The molecule has 2 atom stereocenters. The maximum absolute atomic E-state index is 12.5. The van der Waals surface area contributed by atoms with Crippen LogP contribution in [0.2, 0.25) is 0 Å². The number of urea groups is 1. The average molecular weight is 359 g/mol. The number of nitrogens with one attached hydrogen (secondary N) is 1. The number of aliphatic hydroxyl groups is 1. The number of carbonyl (C=O) groups excluding carboxylic acids is 2. The predicted octanol–water partition coefficient (Wildman–Crippen LogP) is 2.07. The van der Waals surface area contributed by atoms with Crippen LogP contribution in [0.5, 0.6) is 0 Å². The lowest BCUT2D eigenvalue weighted by Gasteiger charge is -2.34. The first-order chi connectivity index (χ1) is 12.5. The molecule has 2 N–H and O–H groups in total. The lowest BCUT2D eigenvalue weighted by Crippen LogP contribution is -2.49. The zero-order valence-corrected chi connectivity index (χ0v) is 15.5. The summed E-state index contributed by atoms with van der Waals surface area (Å²) < 4.78 is 0. The number of hydrogen-bond acceptors (Lipinski definition) is 3. The Morgan fingerprint density at radius 3 is 2.46 bits per heavy atom. The van der Waals surface area contributed by atoms with Crippen molar-refractivity contribution < 1.29 is 14.7 Å². The zero-order valence-electron chi connectivity index (χ0n) is 15.5. The Morgan fingerprint density at radius 1 is 1.12 bits per heavy atom. The number of amides is 3. The highest BCUT2D eigenvalue weighted by Gasteiger charge is 2.31. The van der Waals surface area contributed by atoms with E-state index in [4.69, 9.17) is 0 Å². The number of aliphatic hydroxyl groups excluding tert-OH is 1. The molecule has 0 unspecified atom stereocenters. The number of likely N-dealkylation sites (tertiary alicyclic amines) is 2. The number of piperidine rings is 1. The van der Waals surface area contributed by atoms with Gasteiger partial charge in [0.15, 0.2) is 0 Å². The number of hydrogen-bond donors (Lipinski definition) is 2. The zero-order chi connectivity index (χ0) is 18.5. The summed E-state index contributed by atoms with van der Waals surface area (Å²) in [5.74, 6) is -0.268. The normalized spacial score (nSPS) is 21.5. The summed E-state index contributed by atoms with van der Waals surface area (Å²) >= 11 is 0. The van der Waals surface area contributed by atoms with Crippen molar-refractivity contribution >= 4 is 11.9 Å². The molecule has 3 rings (SSSR count). The Balaban J connectivity index is 1.49. The first-order valence-corrected chi connectivity index (χ1v) is 9.61. The Hall–Kier alpha value is -2.08. The fraction of sp³-hybridized carbons (Fsp3) is 0.600. The van der Waals surface area contributed by atoms with Crippen LogP contribution in [0.3, 0.4) is 0 Å². The third kappa shape index (κ3) is 4.55. The SMILES string of the molecule is Cc1ccc([C@H](O)CNC(=O)[C@H]2CCCN(C(=O)N3CCCC3)C2)cc1. The fourth-order valence-electron chi connectivity index (χ4n) is 3.72. The van der Waals surface area contributed by atoms with Gasteiger partial charge in [-0.3, -0.25) is 4.79 Å². The Labute approximate surface area is 155 Å². The van der Waals surface area contributed by atoms with Gasteiger partial charge in [0, 0.05) is 32.7 Å². The van der Waals surface area contributed by atoms with Gasteiger partial charge in [-0.2, -0.15) is 0 Å². The van der Waals surface area contributed by atoms with E-state index < -0.39 is 6.10 Å². The monoisotopic (exact) mass is 359 g/mol. The van der Waals surface area contributed by atoms with E-state index >= 15 is 0 Å². The highest BCUT2D eigenvalue weighted by molar-refractivity contribution is 5.81. The van der Waals surface area contributed by atoms with E-state index in [-0.39, 0.29) is 24.4 Å². The topological polar surface area (TPSA) is 72.9 Å². The van der Waals surface area contributed by atoms with Gasteiger partial charge in [0.1, 0.15) is 0 Å². The molecule has 2 aliphatic rings. The average Bonchev–Trinajstić information content (AvgIpc) is 3.20. The van der Waals surface area contributed by atoms with Gasteiger partial charge >= 0.3 is 6.03 Å². The van der Waals surface area contributed by atoms with Crippen molar-refractivity contribution in [2.45, 2.75) is 38.7 Å². The Morgan fingerprint density at radius 2 is 1.77 bits per heavy atom. The molecule has 6 nitrogen and oxygen atoms in total. The molecule has 142 valence electrons. The van der Waals surface area contributed by atoms with Crippen LogP contribution >= 0.6 is 0 Å². The van der Waals surface area contributed by atoms with E-state index in [0.29, 0.717) is 6.54 Å². The van der Waals surface area contributed by atoms with Crippen LogP contribution in [-0.4, -0.2) is 59.6 Å². The third-order valence-electron chi connectivity index (χ3n) is 5.37. The summed E-state index contributed by atoms with van der Waals surface area (Å²) in [5, 5.41) is 13.1. The fourth-order valence-corrected chi connectivity index (χ4v) is 3.72. The van der Waals surface area contributed by atoms with Crippen molar-refractivity contribution in [3.05, 3.63) is 35.4 Å². The van der Waals surface area contributed by atoms with Crippen LogP contribution in [-0.2, 0) is 4.79 Å². The molecule has 2 heterocycles. The molecule has 2 saturated heterocycles. The second-order valence-electron chi connectivity index (χ2n) is 7.43. The van der Waals surface area contributed by atoms with E-state index in [1.807, 2.05) is 41.0 Å². The summed E-state index contributed by atoms with van der Waals surface area (Å²) in [6.07, 6.45) is 3.06. The molecule has 1 aromatic rings. The molecule has 0 spiro atoms. The number of benzene rings is 1. The van der Waals surface area contributed by atoms with Crippen molar-refractivity contribution in [1.29, 1.82) is 0 Å². The van der Waals surface area contributed by atoms with Gasteiger partial charge in [-0.15, -0.1) is 0 Å². The largest absolute Gasteiger partial charge is 0.387 e. The second-order valence-corrected chi connectivity index (χ2v) is 7.43. The first-order valence-electron chi connectivity index (χ1n) is 9.61. The third-order valence-corrected chi connectivity index (χ3v) is 5.37. The van der Waals surface area contributed by atoms with E-state index in [1.54, 1.807) is 0 Å². The molecule has 1 aromatic carbocycles. The molecule has 26 heavy (non-hydrogen) atoms. The van der Waals surface area contributed by atoms with E-state index in [2.05, 4.69) is 5.32 Å². The van der Waals surface area contributed by atoms with E-state index in [1.165, 1.54) is 0 Å². The van der Waals surface area contributed by atoms with Gasteiger partial charge in [0.05, 0.1) is 12.0 Å².